The van der Waals surface area contributed by atoms with Gasteiger partial charge in [0.05, 0.1) is 10.2 Å². The highest BCUT2D eigenvalue weighted by molar-refractivity contribution is 7.98. The predicted molar refractivity (Wildman–Crippen MR) is 120 cm³/mol. The van der Waals surface area contributed by atoms with Gasteiger partial charge >= 0.3 is 0 Å². The molecule has 3 aromatic rings. The van der Waals surface area contributed by atoms with Gasteiger partial charge in [0, 0.05) is 28.6 Å². The molecule has 3 rings (SSSR count). The first-order chi connectivity index (χ1) is 12.5. The van der Waals surface area contributed by atoms with Gasteiger partial charge in [-0.1, -0.05) is 29.0 Å². The maximum Gasteiger partial charge on any atom is 0.260 e. The third-order valence-electron chi connectivity index (χ3n) is 3.90. The molecular weight excluding hydrogens is 421 g/mol. The molecule has 0 bridgehead atoms. The van der Waals surface area contributed by atoms with Gasteiger partial charge in [-0.05, 0) is 56.7 Å². The summed E-state index contributed by atoms with van der Waals surface area (Å²) in [6.45, 7) is 1.31. The molecule has 2 aromatic carbocycles. The number of hydrogen-bond acceptors (Lipinski definition) is 5. The zero-order valence-corrected chi connectivity index (χ0v) is 18.5. The molecule has 0 saturated heterocycles. The SMILES string of the molecule is CSc1ccc2nc(N(CCN(C)C)C(=O)c3cccc(Cl)c3)sc2c1.Cl. The number of halogens is 2. The molecular formula is C19H21Cl2N3OS2. The monoisotopic (exact) mass is 441 g/mol. The van der Waals surface area contributed by atoms with Gasteiger partial charge in [0.15, 0.2) is 5.13 Å². The van der Waals surface area contributed by atoms with E-state index in [1.165, 1.54) is 4.90 Å². The standard InChI is InChI=1S/C19H20ClN3OS2.ClH/c1-22(2)9-10-23(18(24)13-5-4-6-14(20)11-13)19-21-16-8-7-15(25-3)12-17(16)26-19;/h4-8,11-12H,9-10H2,1-3H3;1H. The molecule has 0 atom stereocenters. The first-order valence-corrected chi connectivity index (χ1v) is 10.6. The molecule has 8 heteroatoms. The van der Waals surface area contributed by atoms with Crippen LogP contribution in [0.5, 0.6) is 0 Å². The van der Waals surface area contributed by atoms with Crippen molar-refractivity contribution in [1.29, 1.82) is 0 Å². The van der Waals surface area contributed by atoms with Gasteiger partial charge in [0.1, 0.15) is 0 Å². The minimum Gasteiger partial charge on any atom is -0.308 e. The molecule has 0 N–H and O–H groups in total. The van der Waals surface area contributed by atoms with E-state index in [0.29, 0.717) is 22.3 Å². The summed E-state index contributed by atoms with van der Waals surface area (Å²) in [6.07, 6.45) is 2.05. The molecule has 0 spiro atoms. The van der Waals surface area contributed by atoms with Crippen molar-refractivity contribution in [3.05, 3.63) is 53.1 Å². The number of hydrogen-bond donors (Lipinski definition) is 0. The number of amides is 1. The van der Waals surface area contributed by atoms with Gasteiger partial charge in [0.2, 0.25) is 0 Å². The minimum absolute atomic E-state index is 0. The van der Waals surface area contributed by atoms with Gasteiger partial charge in [-0.15, -0.1) is 24.2 Å². The Hall–Kier alpha value is -1.31. The third-order valence-corrected chi connectivity index (χ3v) is 5.90. The molecule has 27 heavy (non-hydrogen) atoms. The van der Waals surface area contributed by atoms with Crippen LogP contribution < -0.4 is 4.90 Å². The summed E-state index contributed by atoms with van der Waals surface area (Å²) in [5.41, 5.74) is 1.48. The van der Waals surface area contributed by atoms with Gasteiger partial charge in [0.25, 0.3) is 5.91 Å². The second-order valence-electron chi connectivity index (χ2n) is 6.10. The van der Waals surface area contributed by atoms with Gasteiger partial charge in [-0.2, -0.15) is 0 Å². The van der Waals surface area contributed by atoms with Crippen molar-refractivity contribution in [2.75, 3.05) is 38.3 Å². The van der Waals surface area contributed by atoms with Crippen LogP contribution in [-0.4, -0.2) is 49.2 Å². The van der Waals surface area contributed by atoms with E-state index in [2.05, 4.69) is 23.3 Å². The number of carbonyl (C=O) groups excluding carboxylic acids is 1. The third kappa shape index (κ3) is 5.36. The lowest BCUT2D eigenvalue weighted by Gasteiger charge is -2.22. The van der Waals surface area contributed by atoms with Crippen LogP contribution in [0, 0.1) is 0 Å². The van der Waals surface area contributed by atoms with Crippen LogP contribution in [0.4, 0.5) is 5.13 Å². The van der Waals surface area contributed by atoms with Crippen LogP contribution in [0.3, 0.4) is 0 Å². The van der Waals surface area contributed by atoms with Crippen molar-refractivity contribution in [3.8, 4) is 0 Å². The average Bonchev–Trinajstić information content (AvgIpc) is 3.04. The Balaban J connectivity index is 0.00000261. The molecule has 4 nitrogen and oxygen atoms in total. The number of aromatic nitrogens is 1. The average molecular weight is 442 g/mol. The molecule has 1 amide bonds. The molecule has 0 fully saturated rings. The van der Waals surface area contributed by atoms with Crippen molar-refractivity contribution >= 4 is 68.4 Å². The largest absolute Gasteiger partial charge is 0.308 e. The van der Waals surface area contributed by atoms with Crippen LogP contribution in [0.25, 0.3) is 10.2 Å². The molecule has 0 saturated carbocycles. The molecule has 144 valence electrons. The topological polar surface area (TPSA) is 36.4 Å². The van der Waals surface area contributed by atoms with Crippen LogP contribution >= 0.6 is 47.1 Å². The lowest BCUT2D eigenvalue weighted by Crippen LogP contribution is -2.36. The van der Waals surface area contributed by atoms with Crippen LogP contribution in [0.15, 0.2) is 47.4 Å². The Kier molecular flexibility index (Phi) is 7.94. The first kappa shape index (κ1) is 22.0. The quantitative estimate of drug-likeness (QED) is 0.486. The number of benzene rings is 2. The van der Waals surface area contributed by atoms with Crippen molar-refractivity contribution in [3.63, 3.8) is 0 Å². The predicted octanol–water partition coefficient (Wildman–Crippen LogP) is 5.30. The molecule has 0 unspecified atom stereocenters. The summed E-state index contributed by atoms with van der Waals surface area (Å²) < 4.78 is 1.08. The lowest BCUT2D eigenvalue weighted by atomic mass is 10.2. The van der Waals surface area contributed by atoms with E-state index in [9.17, 15) is 4.79 Å². The van der Waals surface area contributed by atoms with Crippen molar-refractivity contribution in [1.82, 2.24) is 9.88 Å². The van der Waals surface area contributed by atoms with Crippen molar-refractivity contribution in [2.24, 2.45) is 0 Å². The van der Waals surface area contributed by atoms with E-state index in [0.717, 1.165) is 16.8 Å². The van der Waals surface area contributed by atoms with Gasteiger partial charge in [-0.25, -0.2) is 4.98 Å². The Morgan fingerprint density at radius 2 is 1.96 bits per heavy atom. The number of nitrogens with zero attached hydrogens (tertiary/aromatic N) is 3. The summed E-state index contributed by atoms with van der Waals surface area (Å²) in [4.78, 5) is 22.8. The highest BCUT2D eigenvalue weighted by Gasteiger charge is 2.21. The molecule has 0 aliphatic rings. The van der Waals surface area contributed by atoms with E-state index in [1.807, 2.05) is 20.2 Å². The van der Waals surface area contributed by atoms with Crippen LogP contribution in [-0.2, 0) is 0 Å². The van der Waals surface area contributed by atoms with Crippen LogP contribution in [0.1, 0.15) is 10.4 Å². The molecule has 0 aliphatic carbocycles. The number of rotatable bonds is 6. The minimum atomic E-state index is -0.0847. The van der Waals surface area contributed by atoms with Gasteiger partial charge in [-0.3, -0.25) is 9.69 Å². The summed E-state index contributed by atoms with van der Waals surface area (Å²) in [5, 5.41) is 1.27. The fraction of sp³-hybridized carbons (Fsp3) is 0.263. The highest BCUT2D eigenvalue weighted by atomic mass is 35.5. The lowest BCUT2D eigenvalue weighted by molar-refractivity contribution is 0.0985. The number of thiazole rings is 1. The summed E-state index contributed by atoms with van der Waals surface area (Å²) in [6, 6.07) is 13.2. The van der Waals surface area contributed by atoms with E-state index < -0.39 is 0 Å². The summed E-state index contributed by atoms with van der Waals surface area (Å²) in [5.74, 6) is -0.0847. The second kappa shape index (κ2) is 9.75. The summed E-state index contributed by atoms with van der Waals surface area (Å²) in [7, 11) is 3.98. The number of thioether (sulfide) groups is 1. The second-order valence-corrected chi connectivity index (χ2v) is 8.43. The number of carbonyl (C=O) groups is 1. The van der Waals surface area contributed by atoms with Gasteiger partial charge < -0.3 is 4.90 Å². The van der Waals surface area contributed by atoms with E-state index in [4.69, 9.17) is 16.6 Å². The van der Waals surface area contributed by atoms with Crippen molar-refractivity contribution < 1.29 is 4.79 Å². The molecule has 1 aromatic heterocycles. The van der Waals surface area contributed by atoms with E-state index in [1.54, 1.807) is 52.3 Å². The number of likely N-dealkylation sites (N-methyl/N-ethyl adjacent to an activating group) is 1. The smallest absolute Gasteiger partial charge is 0.260 e. The number of fused-ring (bicyclic) bond motifs is 1. The fourth-order valence-corrected chi connectivity index (χ4v) is 4.23. The first-order valence-electron chi connectivity index (χ1n) is 8.14. The maximum atomic E-state index is 13.1. The van der Waals surface area contributed by atoms with Crippen LogP contribution in [0.2, 0.25) is 5.02 Å². The zero-order chi connectivity index (χ0) is 18.7. The van der Waals surface area contributed by atoms with Crippen molar-refractivity contribution in [2.45, 2.75) is 4.90 Å². The Bertz CT molecular complexity index is 930. The fourth-order valence-electron chi connectivity index (χ4n) is 2.50. The van der Waals surface area contributed by atoms with E-state index >= 15 is 0 Å². The maximum absolute atomic E-state index is 13.1. The Morgan fingerprint density at radius 3 is 2.63 bits per heavy atom. The molecule has 1 heterocycles. The zero-order valence-electron chi connectivity index (χ0n) is 15.3. The molecule has 0 aliphatic heterocycles. The Labute approximate surface area is 178 Å². The summed E-state index contributed by atoms with van der Waals surface area (Å²) >= 11 is 9.31. The molecule has 0 radical (unpaired) electrons. The highest BCUT2D eigenvalue weighted by Crippen LogP contribution is 2.32. The normalized spacial score (nSPS) is 10.9. The van der Waals surface area contributed by atoms with E-state index in [-0.39, 0.29) is 18.3 Å². The number of anilines is 1. The Morgan fingerprint density at radius 1 is 1.19 bits per heavy atom.